The Labute approximate surface area is 228 Å². The number of rotatable bonds is 11. The second-order valence-electron chi connectivity index (χ2n) is 8.94. The number of hydrogen-bond donors (Lipinski definition) is 1. The van der Waals surface area contributed by atoms with E-state index in [-0.39, 0.29) is 0 Å². The monoisotopic (exact) mass is 545 g/mol. The Morgan fingerprint density at radius 2 is 1.56 bits per heavy atom. The third-order valence-electron chi connectivity index (χ3n) is 5.98. The van der Waals surface area contributed by atoms with Gasteiger partial charge in [0.25, 0.3) is 5.91 Å². The number of hydrazone groups is 1. The Kier molecular flexibility index (Phi) is 8.83. The van der Waals surface area contributed by atoms with Crippen LogP contribution in [-0.4, -0.2) is 39.4 Å². The van der Waals surface area contributed by atoms with Gasteiger partial charge in [-0.3, -0.25) is 9.10 Å². The van der Waals surface area contributed by atoms with Crippen LogP contribution in [0.1, 0.15) is 25.0 Å². The van der Waals surface area contributed by atoms with Gasteiger partial charge in [0.1, 0.15) is 24.1 Å². The minimum atomic E-state index is -3.74. The summed E-state index contributed by atoms with van der Waals surface area (Å²) in [5.41, 5.74) is 4.60. The van der Waals surface area contributed by atoms with Crippen molar-refractivity contribution in [2.75, 3.05) is 17.2 Å². The van der Waals surface area contributed by atoms with Gasteiger partial charge in [0.05, 0.1) is 24.8 Å². The number of nitrogens with zero attached hydrogens (tertiary/aromatic N) is 2. The maximum absolute atomic E-state index is 12.7. The Hall–Kier alpha value is -4.37. The largest absolute Gasteiger partial charge is 0.494 e. The van der Waals surface area contributed by atoms with Crippen molar-refractivity contribution in [2.24, 2.45) is 5.10 Å². The molecule has 0 aromatic heterocycles. The fourth-order valence-corrected chi connectivity index (χ4v) is 5.25. The van der Waals surface area contributed by atoms with E-state index in [9.17, 15) is 13.2 Å². The normalized spacial score (nSPS) is 12.3. The average molecular weight is 546 g/mol. The van der Waals surface area contributed by atoms with Gasteiger partial charge in [-0.2, -0.15) is 5.10 Å². The van der Waals surface area contributed by atoms with Gasteiger partial charge in [0.15, 0.2) is 0 Å². The van der Waals surface area contributed by atoms with Crippen molar-refractivity contribution in [1.82, 2.24) is 5.43 Å². The molecule has 9 heteroatoms. The highest BCUT2D eigenvalue weighted by atomic mass is 32.2. The van der Waals surface area contributed by atoms with Gasteiger partial charge in [0.2, 0.25) is 10.0 Å². The van der Waals surface area contributed by atoms with Gasteiger partial charge in [-0.15, -0.1) is 0 Å². The van der Waals surface area contributed by atoms with E-state index in [0.717, 1.165) is 21.7 Å². The van der Waals surface area contributed by atoms with Crippen molar-refractivity contribution >= 4 is 38.6 Å². The van der Waals surface area contributed by atoms with Crippen LogP contribution in [0.5, 0.6) is 11.5 Å². The first-order valence-electron chi connectivity index (χ1n) is 12.5. The molecule has 0 saturated heterocycles. The van der Waals surface area contributed by atoms with E-state index >= 15 is 0 Å². The maximum atomic E-state index is 12.7. The molecule has 0 aliphatic carbocycles. The van der Waals surface area contributed by atoms with Gasteiger partial charge in [-0.25, -0.2) is 13.8 Å². The topological polar surface area (TPSA) is 97.3 Å². The molecule has 1 amide bonds. The number of anilines is 1. The first kappa shape index (κ1) is 27.7. The molecule has 0 aliphatic heterocycles. The van der Waals surface area contributed by atoms with Gasteiger partial charge < -0.3 is 9.47 Å². The molecule has 4 aromatic carbocycles. The summed E-state index contributed by atoms with van der Waals surface area (Å²) in [4.78, 5) is 12.7. The standard InChI is InChI=1S/C30H31N3O5S/c1-4-37-28-17-13-27(14-18-28)33(39(3,35)36)22(2)30(34)32-31-20-23-10-15-29(16-11-23)38-21-24-9-12-25-7-5-6-8-26(25)19-24/h5-20,22H,4,21H2,1-3H3,(H,32,34)/b31-20-/t22-/m1/s1. The molecule has 39 heavy (non-hydrogen) atoms. The molecule has 0 saturated carbocycles. The molecule has 0 bridgehead atoms. The van der Waals surface area contributed by atoms with Crippen molar-refractivity contribution in [3.05, 3.63) is 102 Å². The smallest absolute Gasteiger partial charge is 0.263 e. The average Bonchev–Trinajstić information content (AvgIpc) is 2.93. The van der Waals surface area contributed by atoms with Crippen LogP contribution in [0.15, 0.2) is 96.1 Å². The highest BCUT2D eigenvalue weighted by Gasteiger charge is 2.29. The van der Waals surface area contributed by atoms with E-state index < -0.39 is 22.0 Å². The SMILES string of the molecule is CCOc1ccc(N([C@H](C)C(=O)N/N=C\c2ccc(OCc3ccc4ccccc4c3)cc2)S(C)(=O)=O)cc1. The molecule has 0 spiro atoms. The van der Waals surface area contributed by atoms with E-state index in [1.54, 1.807) is 24.3 Å². The number of nitrogens with one attached hydrogen (secondary N) is 1. The first-order chi connectivity index (χ1) is 18.7. The molecule has 8 nitrogen and oxygen atoms in total. The van der Waals surface area contributed by atoms with Crippen molar-refractivity contribution in [3.8, 4) is 11.5 Å². The molecule has 0 radical (unpaired) electrons. The second-order valence-corrected chi connectivity index (χ2v) is 10.8. The lowest BCUT2D eigenvalue weighted by molar-refractivity contribution is -0.121. The molecular weight excluding hydrogens is 514 g/mol. The second kappa shape index (κ2) is 12.4. The molecule has 4 rings (SSSR count). The van der Waals surface area contributed by atoms with Crippen molar-refractivity contribution in [3.63, 3.8) is 0 Å². The molecular formula is C30H31N3O5S. The number of carbonyl (C=O) groups excluding carboxylic acids is 1. The van der Waals surface area contributed by atoms with Crippen LogP contribution in [0, 0.1) is 0 Å². The number of sulfonamides is 1. The zero-order valence-electron chi connectivity index (χ0n) is 22.1. The van der Waals surface area contributed by atoms with E-state index in [4.69, 9.17) is 9.47 Å². The summed E-state index contributed by atoms with van der Waals surface area (Å²) in [6.45, 7) is 4.30. The fraction of sp³-hybridized carbons (Fsp3) is 0.200. The van der Waals surface area contributed by atoms with Crippen molar-refractivity contribution in [1.29, 1.82) is 0 Å². The maximum Gasteiger partial charge on any atom is 0.263 e. The molecule has 0 aliphatic rings. The summed E-state index contributed by atoms with van der Waals surface area (Å²) in [5, 5.41) is 6.36. The highest BCUT2D eigenvalue weighted by Crippen LogP contribution is 2.24. The van der Waals surface area contributed by atoms with Crippen molar-refractivity contribution in [2.45, 2.75) is 26.5 Å². The molecule has 4 aromatic rings. The van der Waals surface area contributed by atoms with Gasteiger partial charge >= 0.3 is 0 Å². The van der Waals surface area contributed by atoms with Crippen LogP contribution in [-0.2, 0) is 21.4 Å². The van der Waals surface area contributed by atoms with Crippen molar-refractivity contribution < 1.29 is 22.7 Å². The number of carbonyl (C=O) groups is 1. The van der Waals surface area contributed by atoms with Gasteiger partial charge in [0, 0.05) is 0 Å². The number of fused-ring (bicyclic) bond motifs is 1. The Bertz CT molecular complexity index is 1550. The summed E-state index contributed by atoms with van der Waals surface area (Å²) in [6.07, 6.45) is 2.54. The molecule has 0 fully saturated rings. The van der Waals surface area contributed by atoms with E-state index in [2.05, 4.69) is 34.8 Å². The van der Waals surface area contributed by atoms with Gasteiger partial charge in [-0.1, -0.05) is 36.4 Å². The highest BCUT2D eigenvalue weighted by molar-refractivity contribution is 7.92. The first-order valence-corrected chi connectivity index (χ1v) is 14.3. The Morgan fingerprint density at radius 3 is 2.23 bits per heavy atom. The van der Waals surface area contributed by atoms with E-state index in [1.165, 1.54) is 23.9 Å². The number of ether oxygens (including phenoxy) is 2. The zero-order chi connectivity index (χ0) is 27.8. The van der Waals surface area contributed by atoms with Crippen LogP contribution < -0.4 is 19.2 Å². The predicted octanol–water partition coefficient (Wildman–Crippen LogP) is 5.12. The summed E-state index contributed by atoms with van der Waals surface area (Å²) >= 11 is 0. The van der Waals surface area contributed by atoms with Crippen LogP contribution in [0.2, 0.25) is 0 Å². The summed E-state index contributed by atoms with van der Waals surface area (Å²) in [5.74, 6) is 0.750. The van der Waals surface area contributed by atoms with E-state index in [0.29, 0.717) is 30.4 Å². The fourth-order valence-electron chi connectivity index (χ4n) is 4.07. The quantitative estimate of drug-likeness (QED) is 0.208. The molecule has 202 valence electrons. The van der Waals surface area contributed by atoms with Gasteiger partial charge in [-0.05, 0) is 90.3 Å². The Balaban J connectivity index is 1.34. The number of hydrogen-bond acceptors (Lipinski definition) is 6. The van der Waals surface area contributed by atoms with E-state index in [1.807, 2.05) is 49.4 Å². The third kappa shape index (κ3) is 7.36. The number of benzene rings is 4. The minimum Gasteiger partial charge on any atom is -0.494 e. The molecule has 1 atom stereocenters. The van der Waals surface area contributed by atoms with Crippen LogP contribution in [0.25, 0.3) is 10.8 Å². The summed E-state index contributed by atoms with van der Waals surface area (Å²) < 4.78 is 37.3. The lowest BCUT2D eigenvalue weighted by atomic mass is 10.1. The minimum absolute atomic E-state index is 0.354. The summed E-state index contributed by atoms with van der Waals surface area (Å²) in [6, 6.07) is 27.2. The Morgan fingerprint density at radius 1 is 0.923 bits per heavy atom. The molecule has 0 heterocycles. The zero-order valence-corrected chi connectivity index (χ0v) is 22.9. The van der Waals surface area contributed by atoms with Crippen LogP contribution in [0.4, 0.5) is 5.69 Å². The molecule has 1 N–H and O–H groups in total. The van der Waals surface area contributed by atoms with Crippen LogP contribution >= 0.6 is 0 Å². The summed E-state index contributed by atoms with van der Waals surface area (Å²) in [7, 11) is -3.74. The van der Waals surface area contributed by atoms with Crippen LogP contribution in [0.3, 0.4) is 0 Å². The molecule has 0 unspecified atom stereocenters. The predicted molar refractivity (Wildman–Crippen MR) is 155 cm³/mol. The third-order valence-corrected chi connectivity index (χ3v) is 7.22. The lowest BCUT2D eigenvalue weighted by Gasteiger charge is -2.27. The number of amides is 1. The lowest BCUT2D eigenvalue weighted by Crippen LogP contribution is -2.46.